The van der Waals surface area contributed by atoms with E-state index in [4.69, 9.17) is 4.74 Å². The number of aryl methyl sites for hydroxylation is 1. The van der Waals surface area contributed by atoms with Crippen LogP contribution in [0.5, 0.6) is 11.5 Å². The molecule has 2 aromatic rings. The fourth-order valence-corrected chi connectivity index (χ4v) is 1.86. The van der Waals surface area contributed by atoms with Crippen molar-refractivity contribution in [3.05, 3.63) is 41.2 Å². The first-order valence-corrected chi connectivity index (χ1v) is 6.77. The third kappa shape index (κ3) is 3.43. The Morgan fingerprint density at radius 1 is 1.36 bits per heavy atom. The topological polar surface area (TPSA) is 105 Å². The maximum absolute atomic E-state index is 11.7. The molecule has 2 rings (SSSR count). The number of phenols is 2. The fourth-order valence-electron chi connectivity index (χ4n) is 1.86. The summed E-state index contributed by atoms with van der Waals surface area (Å²) in [6.45, 7) is 3.93. The molecule has 0 spiro atoms. The van der Waals surface area contributed by atoms with Crippen molar-refractivity contribution in [3.8, 4) is 11.5 Å². The average molecular weight is 303 g/mol. The van der Waals surface area contributed by atoms with Gasteiger partial charge >= 0.3 is 5.97 Å². The molecule has 22 heavy (non-hydrogen) atoms. The summed E-state index contributed by atoms with van der Waals surface area (Å²) in [5.41, 5.74) is 1.32. The van der Waals surface area contributed by atoms with Crippen molar-refractivity contribution in [2.75, 3.05) is 11.9 Å². The minimum Gasteiger partial charge on any atom is -0.504 e. The van der Waals surface area contributed by atoms with Crippen molar-refractivity contribution >= 4 is 11.9 Å². The lowest BCUT2D eigenvalue weighted by atomic mass is 10.2. The number of carbonyl (C=O) groups excluding carboxylic acids is 1. The fraction of sp³-hybridized carbons (Fsp3) is 0.267. The van der Waals surface area contributed by atoms with Crippen LogP contribution in [0.3, 0.4) is 0 Å². The van der Waals surface area contributed by atoms with Gasteiger partial charge in [0.05, 0.1) is 17.9 Å². The number of aromatic hydroxyl groups is 2. The Morgan fingerprint density at radius 3 is 2.82 bits per heavy atom. The first kappa shape index (κ1) is 15.6. The molecule has 0 bridgehead atoms. The molecule has 7 nitrogen and oxygen atoms in total. The van der Waals surface area contributed by atoms with E-state index in [1.807, 2.05) is 0 Å². The van der Waals surface area contributed by atoms with Crippen LogP contribution in [-0.4, -0.2) is 32.8 Å². The molecule has 0 atom stereocenters. The molecule has 1 aromatic heterocycles. The van der Waals surface area contributed by atoms with Crippen LogP contribution in [0.25, 0.3) is 0 Å². The molecule has 116 valence electrons. The van der Waals surface area contributed by atoms with Gasteiger partial charge in [-0.1, -0.05) is 12.1 Å². The van der Waals surface area contributed by atoms with Crippen LogP contribution in [0.2, 0.25) is 0 Å². The van der Waals surface area contributed by atoms with Crippen molar-refractivity contribution in [1.82, 2.24) is 9.97 Å². The first-order chi connectivity index (χ1) is 10.5. The molecule has 0 fully saturated rings. The highest BCUT2D eigenvalue weighted by molar-refractivity contribution is 5.90. The molecule has 0 aliphatic carbocycles. The van der Waals surface area contributed by atoms with Gasteiger partial charge in [-0.05, 0) is 19.9 Å². The van der Waals surface area contributed by atoms with Gasteiger partial charge in [0, 0.05) is 18.3 Å². The molecule has 0 saturated carbocycles. The first-order valence-electron chi connectivity index (χ1n) is 6.77. The van der Waals surface area contributed by atoms with Crippen molar-refractivity contribution in [2.24, 2.45) is 0 Å². The second-order valence-electron chi connectivity index (χ2n) is 4.55. The van der Waals surface area contributed by atoms with Crippen molar-refractivity contribution < 1.29 is 19.7 Å². The number of nitrogens with one attached hydrogen (secondary N) is 1. The standard InChI is InChI=1S/C15H17N3O4/c1-3-22-14(21)11-8-17-15(18-9(11)2)16-7-10-5-4-6-12(19)13(10)20/h4-6,8,19-20H,3,7H2,1-2H3,(H,16,17,18). The monoisotopic (exact) mass is 303 g/mol. The number of aromatic nitrogens is 2. The number of ether oxygens (including phenoxy) is 1. The zero-order valence-corrected chi connectivity index (χ0v) is 12.3. The maximum Gasteiger partial charge on any atom is 0.341 e. The lowest BCUT2D eigenvalue weighted by Crippen LogP contribution is -2.11. The van der Waals surface area contributed by atoms with E-state index in [1.165, 1.54) is 12.3 Å². The molecule has 0 radical (unpaired) electrons. The Morgan fingerprint density at radius 2 is 2.14 bits per heavy atom. The summed E-state index contributed by atoms with van der Waals surface area (Å²) in [6, 6.07) is 4.69. The number of hydrogen-bond acceptors (Lipinski definition) is 7. The summed E-state index contributed by atoms with van der Waals surface area (Å²) >= 11 is 0. The largest absolute Gasteiger partial charge is 0.504 e. The van der Waals surface area contributed by atoms with Crippen LogP contribution in [0, 0.1) is 6.92 Å². The highest BCUT2D eigenvalue weighted by Gasteiger charge is 2.13. The quantitative estimate of drug-likeness (QED) is 0.573. The van der Waals surface area contributed by atoms with Gasteiger partial charge in [0.1, 0.15) is 0 Å². The number of nitrogens with zero attached hydrogens (tertiary/aromatic N) is 2. The van der Waals surface area contributed by atoms with E-state index in [0.717, 1.165) is 0 Å². The normalized spacial score (nSPS) is 10.3. The zero-order valence-electron chi connectivity index (χ0n) is 12.3. The summed E-state index contributed by atoms with van der Waals surface area (Å²) in [6.07, 6.45) is 1.39. The van der Waals surface area contributed by atoms with Crippen LogP contribution in [0.15, 0.2) is 24.4 Å². The van der Waals surface area contributed by atoms with E-state index >= 15 is 0 Å². The Bertz CT molecular complexity index is 688. The van der Waals surface area contributed by atoms with Gasteiger partial charge in [-0.3, -0.25) is 0 Å². The number of rotatable bonds is 5. The van der Waals surface area contributed by atoms with Crippen molar-refractivity contribution in [1.29, 1.82) is 0 Å². The van der Waals surface area contributed by atoms with Crippen LogP contribution >= 0.6 is 0 Å². The molecule has 1 heterocycles. The average Bonchev–Trinajstić information content (AvgIpc) is 2.49. The Labute approximate surface area is 127 Å². The van der Waals surface area contributed by atoms with Gasteiger partial charge in [0.2, 0.25) is 5.95 Å². The second kappa shape index (κ2) is 6.75. The third-order valence-corrected chi connectivity index (χ3v) is 3.01. The molecule has 0 aliphatic heterocycles. The predicted octanol–water partition coefficient (Wildman–Crippen LogP) is 1.99. The maximum atomic E-state index is 11.7. The highest BCUT2D eigenvalue weighted by Crippen LogP contribution is 2.28. The number of benzene rings is 1. The molecule has 1 aromatic carbocycles. The number of esters is 1. The van der Waals surface area contributed by atoms with E-state index in [1.54, 1.807) is 26.0 Å². The van der Waals surface area contributed by atoms with Crippen LogP contribution < -0.4 is 5.32 Å². The van der Waals surface area contributed by atoms with Gasteiger partial charge in [0.25, 0.3) is 0 Å². The molecule has 0 aliphatic rings. The molecule has 3 N–H and O–H groups in total. The molecule has 7 heteroatoms. The summed E-state index contributed by atoms with van der Waals surface area (Å²) < 4.78 is 4.91. The minimum absolute atomic E-state index is 0.185. The smallest absolute Gasteiger partial charge is 0.341 e. The number of para-hydroxylation sites is 1. The second-order valence-corrected chi connectivity index (χ2v) is 4.55. The zero-order chi connectivity index (χ0) is 16.1. The number of hydrogen-bond donors (Lipinski definition) is 3. The predicted molar refractivity (Wildman–Crippen MR) is 79.8 cm³/mol. The molecular formula is C15H17N3O4. The van der Waals surface area contributed by atoms with E-state index in [9.17, 15) is 15.0 Å². The molecule has 0 amide bonds. The summed E-state index contributed by atoms with van der Waals surface area (Å²) in [7, 11) is 0. The van der Waals surface area contributed by atoms with Gasteiger partial charge in [-0.25, -0.2) is 14.8 Å². The third-order valence-electron chi connectivity index (χ3n) is 3.01. The Kier molecular flexibility index (Phi) is 4.77. The van der Waals surface area contributed by atoms with E-state index < -0.39 is 5.97 Å². The van der Waals surface area contributed by atoms with E-state index in [2.05, 4.69) is 15.3 Å². The highest BCUT2D eigenvalue weighted by atomic mass is 16.5. The van der Waals surface area contributed by atoms with Crippen molar-refractivity contribution in [2.45, 2.75) is 20.4 Å². The lowest BCUT2D eigenvalue weighted by Gasteiger charge is -2.09. The van der Waals surface area contributed by atoms with Gasteiger partial charge in [-0.15, -0.1) is 0 Å². The summed E-state index contributed by atoms with van der Waals surface area (Å²) in [5.74, 6) is -0.519. The van der Waals surface area contributed by atoms with Gasteiger partial charge in [0.15, 0.2) is 11.5 Å². The van der Waals surface area contributed by atoms with E-state index in [0.29, 0.717) is 22.8 Å². The van der Waals surface area contributed by atoms with Crippen molar-refractivity contribution in [3.63, 3.8) is 0 Å². The minimum atomic E-state index is -0.461. The van der Waals surface area contributed by atoms with Gasteiger partial charge < -0.3 is 20.3 Å². The molecule has 0 saturated heterocycles. The summed E-state index contributed by atoms with van der Waals surface area (Å²) in [5, 5.41) is 22.1. The Balaban J connectivity index is 2.09. The van der Waals surface area contributed by atoms with Crippen LogP contribution in [0.1, 0.15) is 28.5 Å². The number of anilines is 1. The van der Waals surface area contributed by atoms with Crippen LogP contribution in [0.4, 0.5) is 5.95 Å². The molecule has 0 unspecified atom stereocenters. The Hall–Kier alpha value is -2.83. The van der Waals surface area contributed by atoms with Crippen LogP contribution in [-0.2, 0) is 11.3 Å². The number of phenolic OH excluding ortho intramolecular Hbond substituents is 2. The number of carbonyl (C=O) groups is 1. The van der Waals surface area contributed by atoms with E-state index in [-0.39, 0.29) is 24.7 Å². The SMILES string of the molecule is CCOC(=O)c1cnc(NCc2cccc(O)c2O)nc1C. The lowest BCUT2D eigenvalue weighted by molar-refractivity contribution is 0.0524. The summed E-state index contributed by atoms with van der Waals surface area (Å²) in [4.78, 5) is 19.9. The van der Waals surface area contributed by atoms with Gasteiger partial charge in [-0.2, -0.15) is 0 Å². The molecular weight excluding hydrogens is 286 g/mol.